The molecule has 1 aliphatic heterocycles. The summed E-state index contributed by atoms with van der Waals surface area (Å²) in [7, 11) is 0. The van der Waals surface area contributed by atoms with E-state index in [1.165, 1.54) is 6.42 Å². The predicted octanol–water partition coefficient (Wildman–Crippen LogP) is 1.56. The van der Waals surface area contributed by atoms with Gasteiger partial charge in [0.25, 0.3) is 5.56 Å². The largest absolute Gasteiger partial charge is 0.314 e. The van der Waals surface area contributed by atoms with Crippen LogP contribution in [0.15, 0.2) is 29.2 Å². The second-order valence-corrected chi connectivity index (χ2v) is 5.98. The number of piperazine rings is 1. The van der Waals surface area contributed by atoms with Crippen molar-refractivity contribution >= 4 is 0 Å². The third kappa shape index (κ3) is 3.70. The quantitative estimate of drug-likeness (QED) is 0.887. The summed E-state index contributed by atoms with van der Waals surface area (Å²) in [5.74, 6) is 0.699. The smallest absolute Gasteiger partial charge is 0.250 e. The molecule has 2 heterocycles. The highest BCUT2D eigenvalue weighted by Crippen LogP contribution is 2.15. The lowest BCUT2D eigenvalue weighted by Gasteiger charge is -2.41. The number of hydrogen-bond donors (Lipinski definition) is 1. The van der Waals surface area contributed by atoms with Crippen LogP contribution >= 0.6 is 0 Å². The van der Waals surface area contributed by atoms with Gasteiger partial charge < -0.3 is 9.88 Å². The first-order valence-electron chi connectivity index (χ1n) is 7.74. The normalized spacial score (nSPS) is 25.6. The lowest BCUT2D eigenvalue weighted by atomic mass is 9.96. The van der Waals surface area contributed by atoms with E-state index in [9.17, 15) is 4.79 Å². The Hall–Kier alpha value is -1.13. The van der Waals surface area contributed by atoms with Gasteiger partial charge in [0.15, 0.2) is 0 Å². The Kier molecular flexibility index (Phi) is 5.38. The van der Waals surface area contributed by atoms with Gasteiger partial charge >= 0.3 is 0 Å². The maximum atomic E-state index is 11.7. The number of pyridine rings is 1. The van der Waals surface area contributed by atoms with E-state index in [0.29, 0.717) is 18.0 Å². The van der Waals surface area contributed by atoms with Crippen LogP contribution in [0, 0.1) is 5.92 Å². The standard InChI is InChI=1S/C16H27N3O/c1-4-13(2)15-12-19(14(3)11-17-15)10-9-18-8-6-5-7-16(18)20/h5-8,13-15,17H,4,9-12H2,1-3H3. The van der Waals surface area contributed by atoms with Crippen molar-refractivity contribution in [3.8, 4) is 0 Å². The van der Waals surface area contributed by atoms with Crippen LogP contribution in [-0.4, -0.2) is 41.2 Å². The SMILES string of the molecule is CCC(C)C1CN(CCn2ccccc2=O)C(C)CN1. The Morgan fingerprint density at radius 2 is 2.20 bits per heavy atom. The molecule has 1 aromatic heterocycles. The van der Waals surface area contributed by atoms with Gasteiger partial charge in [-0.2, -0.15) is 0 Å². The minimum Gasteiger partial charge on any atom is -0.314 e. The van der Waals surface area contributed by atoms with Gasteiger partial charge in [0, 0.05) is 50.5 Å². The average molecular weight is 277 g/mol. The molecule has 1 aromatic rings. The first-order chi connectivity index (χ1) is 9.61. The summed E-state index contributed by atoms with van der Waals surface area (Å²) < 4.78 is 1.80. The molecule has 1 fully saturated rings. The Labute approximate surface area is 121 Å². The van der Waals surface area contributed by atoms with Crippen molar-refractivity contribution in [2.45, 2.75) is 45.8 Å². The Morgan fingerprint density at radius 3 is 2.90 bits per heavy atom. The molecule has 0 amide bonds. The van der Waals surface area contributed by atoms with Crippen LogP contribution in [0.4, 0.5) is 0 Å². The zero-order valence-corrected chi connectivity index (χ0v) is 12.9. The van der Waals surface area contributed by atoms with Crippen molar-refractivity contribution < 1.29 is 0 Å². The minimum atomic E-state index is 0.0914. The van der Waals surface area contributed by atoms with Crippen LogP contribution in [0.2, 0.25) is 0 Å². The summed E-state index contributed by atoms with van der Waals surface area (Å²) in [4.78, 5) is 14.2. The van der Waals surface area contributed by atoms with Crippen molar-refractivity contribution in [3.05, 3.63) is 34.7 Å². The third-order valence-electron chi connectivity index (χ3n) is 4.59. The molecule has 0 saturated carbocycles. The molecule has 0 aromatic carbocycles. The summed E-state index contributed by atoms with van der Waals surface area (Å²) in [5.41, 5.74) is 0.0914. The van der Waals surface area contributed by atoms with E-state index in [0.717, 1.165) is 26.2 Å². The summed E-state index contributed by atoms with van der Waals surface area (Å²) in [5, 5.41) is 3.65. The molecule has 1 saturated heterocycles. The van der Waals surface area contributed by atoms with Gasteiger partial charge in [-0.15, -0.1) is 0 Å². The Morgan fingerprint density at radius 1 is 1.40 bits per heavy atom. The monoisotopic (exact) mass is 277 g/mol. The van der Waals surface area contributed by atoms with Crippen molar-refractivity contribution in [2.24, 2.45) is 5.92 Å². The molecular weight excluding hydrogens is 250 g/mol. The minimum absolute atomic E-state index is 0.0914. The summed E-state index contributed by atoms with van der Waals surface area (Å²) in [6.07, 6.45) is 3.08. The third-order valence-corrected chi connectivity index (χ3v) is 4.59. The first-order valence-corrected chi connectivity index (χ1v) is 7.74. The lowest BCUT2D eigenvalue weighted by Crippen LogP contribution is -2.57. The lowest BCUT2D eigenvalue weighted by molar-refractivity contribution is 0.114. The first kappa shape index (κ1) is 15.3. The number of rotatable bonds is 5. The van der Waals surface area contributed by atoms with Crippen molar-refractivity contribution in [1.29, 1.82) is 0 Å². The maximum Gasteiger partial charge on any atom is 0.250 e. The van der Waals surface area contributed by atoms with Crippen LogP contribution in [0.1, 0.15) is 27.2 Å². The van der Waals surface area contributed by atoms with Crippen LogP contribution in [-0.2, 0) is 6.54 Å². The van der Waals surface area contributed by atoms with Crippen molar-refractivity contribution in [3.63, 3.8) is 0 Å². The topological polar surface area (TPSA) is 37.3 Å². The molecule has 3 atom stereocenters. The molecule has 4 nitrogen and oxygen atoms in total. The van der Waals surface area contributed by atoms with Gasteiger partial charge in [-0.05, 0) is 18.9 Å². The molecule has 0 radical (unpaired) electrons. The summed E-state index contributed by atoms with van der Waals surface area (Å²) in [6.45, 7) is 10.7. The highest BCUT2D eigenvalue weighted by Gasteiger charge is 2.27. The predicted molar refractivity (Wildman–Crippen MR) is 83.0 cm³/mol. The van der Waals surface area contributed by atoms with E-state index in [-0.39, 0.29) is 5.56 Å². The zero-order chi connectivity index (χ0) is 14.5. The van der Waals surface area contributed by atoms with E-state index in [1.807, 2.05) is 12.3 Å². The average Bonchev–Trinajstić information content (AvgIpc) is 2.47. The number of nitrogens with zero attached hydrogens (tertiary/aromatic N) is 2. The van der Waals surface area contributed by atoms with Crippen LogP contribution in [0.25, 0.3) is 0 Å². The van der Waals surface area contributed by atoms with Gasteiger partial charge in [-0.25, -0.2) is 0 Å². The van der Waals surface area contributed by atoms with E-state index in [1.54, 1.807) is 16.7 Å². The maximum absolute atomic E-state index is 11.7. The van der Waals surface area contributed by atoms with E-state index < -0.39 is 0 Å². The number of hydrogen-bond acceptors (Lipinski definition) is 3. The van der Waals surface area contributed by atoms with Crippen LogP contribution in [0.5, 0.6) is 0 Å². The number of nitrogens with one attached hydrogen (secondary N) is 1. The molecular formula is C16H27N3O. The number of aromatic nitrogens is 1. The zero-order valence-electron chi connectivity index (χ0n) is 12.9. The molecule has 1 N–H and O–H groups in total. The molecule has 3 unspecified atom stereocenters. The fraction of sp³-hybridized carbons (Fsp3) is 0.688. The second kappa shape index (κ2) is 7.04. The molecule has 4 heteroatoms. The Bertz CT molecular complexity index is 471. The molecule has 0 bridgehead atoms. The highest BCUT2D eigenvalue weighted by atomic mass is 16.1. The van der Waals surface area contributed by atoms with Crippen molar-refractivity contribution in [2.75, 3.05) is 19.6 Å². The summed E-state index contributed by atoms with van der Waals surface area (Å²) >= 11 is 0. The molecule has 2 rings (SSSR count). The fourth-order valence-corrected chi connectivity index (χ4v) is 2.81. The van der Waals surface area contributed by atoms with E-state index in [2.05, 4.69) is 31.0 Å². The molecule has 112 valence electrons. The van der Waals surface area contributed by atoms with Gasteiger partial charge in [-0.3, -0.25) is 9.69 Å². The Balaban J connectivity index is 1.93. The van der Waals surface area contributed by atoms with E-state index in [4.69, 9.17) is 0 Å². The summed E-state index contributed by atoms with van der Waals surface area (Å²) in [6, 6.07) is 6.46. The van der Waals surface area contributed by atoms with E-state index >= 15 is 0 Å². The van der Waals surface area contributed by atoms with Crippen LogP contribution in [0.3, 0.4) is 0 Å². The second-order valence-electron chi connectivity index (χ2n) is 5.98. The highest BCUT2D eigenvalue weighted by molar-refractivity contribution is 4.93. The van der Waals surface area contributed by atoms with Gasteiger partial charge in [0.1, 0.15) is 0 Å². The van der Waals surface area contributed by atoms with Gasteiger partial charge in [-0.1, -0.05) is 26.3 Å². The molecule has 0 aliphatic carbocycles. The molecule has 20 heavy (non-hydrogen) atoms. The van der Waals surface area contributed by atoms with Crippen LogP contribution < -0.4 is 10.9 Å². The molecule has 0 spiro atoms. The van der Waals surface area contributed by atoms with Gasteiger partial charge in [0.05, 0.1) is 0 Å². The molecule has 1 aliphatic rings. The fourth-order valence-electron chi connectivity index (χ4n) is 2.81. The van der Waals surface area contributed by atoms with Crippen molar-refractivity contribution in [1.82, 2.24) is 14.8 Å². The van der Waals surface area contributed by atoms with Gasteiger partial charge in [0.2, 0.25) is 0 Å².